The molecule has 0 aliphatic carbocycles. The predicted octanol–water partition coefficient (Wildman–Crippen LogP) is 4.14. The molecule has 0 spiro atoms. The van der Waals surface area contributed by atoms with Crippen LogP contribution >= 0.6 is 15.9 Å². The van der Waals surface area contributed by atoms with E-state index in [0.717, 1.165) is 62.4 Å². The summed E-state index contributed by atoms with van der Waals surface area (Å²) >= 11 is 3.54. The molecule has 0 saturated carbocycles. The van der Waals surface area contributed by atoms with Crippen molar-refractivity contribution in [2.24, 2.45) is 5.41 Å². The van der Waals surface area contributed by atoms with Crippen molar-refractivity contribution in [2.75, 3.05) is 26.4 Å². The molecular formula is C17H26BrNO2. The minimum Gasteiger partial charge on any atom is -0.493 e. The number of halogens is 1. The highest BCUT2D eigenvalue weighted by Gasteiger charge is 2.26. The van der Waals surface area contributed by atoms with E-state index in [0.29, 0.717) is 5.41 Å². The molecule has 1 heterocycles. The van der Waals surface area contributed by atoms with Gasteiger partial charge in [-0.2, -0.15) is 0 Å². The molecule has 1 aromatic carbocycles. The van der Waals surface area contributed by atoms with Gasteiger partial charge >= 0.3 is 0 Å². The standard InChI is InChI=1S/C17H26BrNO2/c1-3-8-21-16-5-4-15(18)11-14(16)12-19-13-17(2)6-9-20-10-7-17/h4-5,11,19H,3,6-10,12-13H2,1-2H3. The zero-order valence-corrected chi connectivity index (χ0v) is 14.7. The normalized spacial score (nSPS) is 17.7. The SMILES string of the molecule is CCCOc1ccc(Br)cc1CNCC1(C)CCOCC1. The Balaban J connectivity index is 1.90. The van der Waals surface area contributed by atoms with Crippen LogP contribution in [0.3, 0.4) is 0 Å². The molecular weight excluding hydrogens is 330 g/mol. The first-order valence-corrected chi connectivity index (χ1v) is 8.62. The summed E-state index contributed by atoms with van der Waals surface area (Å²) in [4.78, 5) is 0. The van der Waals surface area contributed by atoms with Gasteiger partial charge in [-0.25, -0.2) is 0 Å². The number of hydrogen-bond donors (Lipinski definition) is 1. The molecule has 1 N–H and O–H groups in total. The molecule has 3 nitrogen and oxygen atoms in total. The lowest BCUT2D eigenvalue weighted by Crippen LogP contribution is -2.36. The fourth-order valence-corrected chi connectivity index (χ4v) is 2.99. The van der Waals surface area contributed by atoms with Crippen LogP contribution < -0.4 is 10.1 Å². The Morgan fingerprint density at radius 2 is 2.10 bits per heavy atom. The maximum Gasteiger partial charge on any atom is 0.123 e. The third kappa shape index (κ3) is 5.28. The minimum atomic E-state index is 0.356. The van der Waals surface area contributed by atoms with E-state index >= 15 is 0 Å². The maximum absolute atomic E-state index is 5.83. The van der Waals surface area contributed by atoms with Gasteiger partial charge in [-0.05, 0) is 42.9 Å². The van der Waals surface area contributed by atoms with Crippen molar-refractivity contribution in [2.45, 2.75) is 39.7 Å². The Morgan fingerprint density at radius 1 is 1.33 bits per heavy atom. The second kappa shape index (κ2) is 8.16. The zero-order chi connectivity index (χ0) is 15.1. The summed E-state index contributed by atoms with van der Waals surface area (Å²) in [6.45, 7) is 8.88. The quantitative estimate of drug-likeness (QED) is 0.796. The minimum absolute atomic E-state index is 0.356. The van der Waals surface area contributed by atoms with Crippen LogP contribution in [0.5, 0.6) is 5.75 Å². The van der Waals surface area contributed by atoms with Gasteiger partial charge in [0.25, 0.3) is 0 Å². The van der Waals surface area contributed by atoms with Crippen LogP contribution in [0.2, 0.25) is 0 Å². The summed E-state index contributed by atoms with van der Waals surface area (Å²) in [5, 5.41) is 3.60. The second-order valence-corrected chi connectivity index (χ2v) is 7.04. The largest absolute Gasteiger partial charge is 0.493 e. The van der Waals surface area contributed by atoms with E-state index < -0.39 is 0 Å². The summed E-state index contributed by atoms with van der Waals surface area (Å²) in [7, 11) is 0. The fraction of sp³-hybridized carbons (Fsp3) is 0.647. The van der Waals surface area contributed by atoms with Gasteiger partial charge in [0.05, 0.1) is 6.61 Å². The molecule has 1 aliphatic heterocycles. The van der Waals surface area contributed by atoms with Gasteiger partial charge in [-0.1, -0.05) is 29.8 Å². The fourth-order valence-electron chi connectivity index (χ4n) is 2.58. The van der Waals surface area contributed by atoms with Gasteiger partial charge in [-0.3, -0.25) is 0 Å². The Morgan fingerprint density at radius 3 is 2.81 bits per heavy atom. The van der Waals surface area contributed by atoms with Crippen molar-refractivity contribution in [3.63, 3.8) is 0 Å². The molecule has 0 unspecified atom stereocenters. The summed E-state index contributed by atoms with van der Waals surface area (Å²) in [6.07, 6.45) is 3.30. The zero-order valence-electron chi connectivity index (χ0n) is 13.1. The van der Waals surface area contributed by atoms with E-state index in [4.69, 9.17) is 9.47 Å². The van der Waals surface area contributed by atoms with Crippen LogP contribution in [0.15, 0.2) is 22.7 Å². The number of nitrogens with one attached hydrogen (secondary N) is 1. The Hall–Kier alpha value is -0.580. The van der Waals surface area contributed by atoms with Crippen LogP contribution in [0.4, 0.5) is 0 Å². The van der Waals surface area contributed by atoms with Crippen molar-refractivity contribution in [1.29, 1.82) is 0 Å². The maximum atomic E-state index is 5.83. The molecule has 1 aliphatic rings. The Labute approximate surface area is 136 Å². The van der Waals surface area contributed by atoms with Gasteiger partial charge in [0, 0.05) is 36.3 Å². The topological polar surface area (TPSA) is 30.5 Å². The first-order chi connectivity index (χ1) is 10.1. The Kier molecular flexibility index (Phi) is 6.52. The molecule has 1 aromatic rings. The molecule has 2 rings (SSSR count). The highest BCUT2D eigenvalue weighted by molar-refractivity contribution is 9.10. The third-order valence-corrected chi connectivity index (χ3v) is 4.54. The van der Waals surface area contributed by atoms with Gasteiger partial charge in [0.1, 0.15) is 5.75 Å². The summed E-state index contributed by atoms with van der Waals surface area (Å²) in [5.41, 5.74) is 1.57. The first kappa shape index (κ1) is 16.8. The summed E-state index contributed by atoms with van der Waals surface area (Å²) in [5.74, 6) is 0.990. The number of ether oxygens (including phenoxy) is 2. The van der Waals surface area contributed by atoms with Crippen LogP contribution in [0, 0.1) is 5.41 Å². The van der Waals surface area contributed by atoms with Crippen LogP contribution in [0.25, 0.3) is 0 Å². The van der Waals surface area contributed by atoms with Gasteiger partial charge in [-0.15, -0.1) is 0 Å². The summed E-state index contributed by atoms with van der Waals surface area (Å²) in [6, 6.07) is 6.23. The Bertz CT molecular complexity index is 444. The van der Waals surface area contributed by atoms with E-state index in [1.165, 1.54) is 5.56 Å². The van der Waals surface area contributed by atoms with E-state index in [2.05, 4.69) is 41.2 Å². The van der Waals surface area contributed by atoms with Crippen molar-refractivity contribution in [3.8, 4) is 5.75 Å². The van der Waals surface area contributed by atoms with Crippen molar-refractivity contribution in [3.05, 3.63) is 28.2 Å². The molecule has 118 valence electrons. The number of benzene rings is 1. The van der Waals surface area contributed by atoms with Gasteiger partial charge < -0.3 is 14.8 Å². The van der Waals surface area contributed by atoms with Gasteiger partial charge in [0.2, 0.25) is 0 Å². The molecule has 21 heavy (non-hydrogen) atoms. The van der Waals surface area contributed by atoms with Gasteiger partial charge in [0.15, 0.2) is 0 Å². The number of hydrogen-bond acceptors (Lipinski definition) is 3. The third-order valence-electron chi connectivity index (χ3n) is 4.05. The average Bonchev–Trinajstić information content (AvgIpc) is 2.47. The van der Waals surface area contributed by atoms with Crippen molar-refractivity contribution < 1.29 is 9.47 Å². The number of rotatable bonds is 7. The van der Waals surface area contributed by atoms with Crippen LogP contribution in [-0.4, -0.2) is 26.4 Å². The van der Waals surface area contributed by atoms with Crippen LogP contribution in [0.1, 0.15) is 38.7 Å². The smallest absolute Gasteiger partial charge is 0.123 e. The van der Waals surface area contributed by atoms with E-state index in [9.17, 15) is 0 Å². The predicted molar refractivity (Wildman–Crippen MR) is 89.8 cm³/mol. The average molecular weight is 356 g/mol. The lowest BCUT2D eigenvalue weighted by molar-refractivity contribution is 0.0240. The lowest BCUT2D eigenvalue weighted by Gasteiger charge is -2.33. The molecule has 1 fully saturated rings. The highest BCUT2D eigenvalue weighted by atomic mass is 79.9. The van der Waals surface area contributed by atoms with Crippen molar-refractivity contribution >= 4 is 15.9 Å². The highest BCUT2D eigenvalue weighted by Crippen LogP contribution is 2.29. The van der Waals surface area contributed by atoms with E-state index in [1.54, 1.807) is 0 Å². The first-order valence-electron chi connectivity index (χ1n) is 7.83. The van der Waals surface area contributed by atoms with Crippen molar-refractivity contribution in [1.82, 2.24) is 5.32 Å². The van der Waals surface area contributed by atoms with E-state index in [-0.39, 0.29) is 0 Å². The second-order valence-electron chi connectivity index (χ2n) is 6.13. The molecule has 0 atom stereocenters. The molecule has 0 radical (unpaired) electrons. The van der Waals surface area contributed by atoms with Crippen LogP contribution in [-0.2, 0) is 11.3 Å². The molecule has 0 amide bonds. The molecule has 0 bridgehead atoms. The monoisotopic (exact) mass is 355 g/mol. The molecule has 1 saturated heterocycles. The summed E-state index contributed by atoms with van der Waals surface area (Å²) < 4.78 is 12.4. The lowest BCUT2D eigenvalue weighted by atomic mass is 9.82. The molecule has 4 heteroatoms. The molecule has 0 aromatic heterocycles. The van der Waals surface area contributed by atoms with E-state index in [1.807, 2.05) is 12.1 Å².